The molecule has 2 fully saturated rings. The minimum absolute atomic E-state index is 0.298. The van der Waals surface area contributed by atoms with Crippen molar-refractivity contribution in [2.75, 3.05) is 13.2 Å². The summed E-state index contributed by atoms with van der Waals surface area (Å²) in [6.07, 6.45) is 0.596. The van der Waals surface area contributed by atoms with Crippen molar-refractivity contribution in [3.63, 3.8) is 0 Å². The molecular formula is C16H14O3. The van der Waals surface area contributed by atoms with Gasteiger partial charge >= 0.3 is 0 Å². The molecule has 2 aromatic carbocycles. The van der Waals surface area contributed by atoms with Gasteiger partial charge in [-0.1, -0.05) is 24.3 Å². The summed E-state index contributed by atoms with van der Waals surface area (Å²) >= 11 is 0. The number of hydrogen-bond donors (Lipinski definition) is 0. The SMILES string of the molecule is c1cc(C2CO2)ccc1Oc1ccc(C2CO2)cc1. The van der Waals surface area contributed by atoms with E-state index < -0.39 is 0 Å². The average molecular weight is 254 g/mol. The zero-order valence-electron chi connectivity index (χ0n) is 10.4. The number of ether oxygens (including phenoxy) is 3. The minimum Gasteiger partial charge on any atom is -0.457 e. The fraction of sp³-hybridized carbons (Fsp3) is 0.250. The van der Waals surface area contributed by atoms with Crippen molar-refractivity contribution in [3.05, 3.63) is 59.7 Å². The zero-order chi connectivity index (χ0) is 12.7. The van der Waals surface area contributed by atoms with Gasteiger partial charge in [0.1, 0.15) is 23.7 Å². The Morgan fingerprint density at radius 1 is 0.684 bits per heavy atom. The molecule has 3 nitrogen and oxygen atoms in total. The molecule has 2 aromatic rings. The summed E-state index contributed by atoms with van der Waals surface area (Å²) in [7, 11) is 0. The van der Waals surface area contributed by atoms with Gasteiger partial charge in [0.25, 0.3) is 0 Å². The Balaban J connectivity index is 1.46. The van der Waals surface area contributed by atoms with Crippen LogP contribution in [0.4, 0.5) is 0 Å². The van der Waals surface area contributed by atoms with Crippen LogP contribution in [0.15, 0.2) is 48.5 Å². The first-order valence-corrected chi connectivity index (χ1v) is 6.49. The van der Waals surface area contributed by atoms with Crippen molar-refractivity contribution in [3.8, 4) is 11.5 Å². The highest BCUT2D eigenvalue weighted by molar-refractivity contribution is 5.36. The molecule has 0 aliphatic carbocycles. The molecule has 2 heterocycles. The van der Waals surface area contributed by atoms with Crippen molar-refractivity contribution >= 4 is 0 Å². The standard InChI is InChI=1S/C16H14O3/c1-5-13(6-2-11(1)15-9-17-15)19-14-7-3-12(4-8-14)16-10-18-16/h1-8,15-16H,9-10H2. The van der Waals surface area contributed by atoms with E-state index in [1.54, 1.807) is 0 Å². The predicted molar refractivity (Wildman–Crippen MR) is 70.3 cm³/mol. The molecular weight excluding hydrogens is 240 g/mol. The first kappa shape index (κ1) is 11.0. The van der Waals surface area contributed by atoms with Gasteiger partial charge in [-0.15, -0.1) is 0 Å². The number of hydrogen-bond acceptors (Lipinski definition) is 3. The summed E-state index contributed by atoms with van der Waals surface area (Å²) in [5, 5.41) is 0. The maximum absolute atomic E-state index is 5.81. The lowest BCUT2D eigenvalue weighted by Gasteiger charge is -2.06. The lowest BCUT2D eigenvalue weighted by atomic mass is 10.1. The average Bonchev–Trinajstić information content (AvgIpc) is 3.31. The fourth-order valence-corrected chi connectivity index (χ4v) is 2.12. The van der Waals surface area contributed by atoms with Crippen molar-refractivity contribution in [2.45, 2.75) is 12.2 Å². The zero-order valence-corrected chi connectivity index (χ0v) is 10.4. The van der Waals surface area contributed by atoms with Crippen LogP contribution in [-0.2, 0) is 9.47 Å². The summed E-state index contributed by atoms with van der Waals surface area (Å²) in [6, 6.07) is 16.1. The molecule has 0 N–H and O–H groups in total. The van der Waals surface area contributed by atoms with Crippen molar-refractivity contribution in [1.29, 1.82) is 0 Å². The molecule has 2 saturated heterocycles. The van der Waals surface area contributed by atoms with Crippen LogP contribution in [0.3, 0.4) is 0 Å². The Bertz CT molecular complexity index is 512. The minimum atomic E-state index is 0.298. The van der Waals surface area contributed by atoms with Gasteiger partial charge in [0.05, 0.1) is 13.2 Å². The summed E-state index contributed by atoms with van der Waals surface area (Å²) in [5.41, 5.74) is 2.43. The molecule has 2 aliphatic rings. The van der Waals surface area contributed by atoms with Crippen molar-refractivity contribution in [2.24, 2.45) is 0 Å². The molecule has 3 heteroatoms. The largest absolute Gasteiger partial charge is 0.457 e. The van der Waals surface area contributed by atoms with Gasteiger partial charge in [-0.2, -0.15) is 0 Å². The van der Waals surface area contributed by atoms with Gasteiger partial charge in [0, 0.05) is 0 Å². The van der Waals surface area contributed by atoms with Crippen LogP contribution in [0.5, 0.6) is 11.5 Å². The fourth-order valence-electron chi connectivity index (χ4n) is 2.12. The number of benzene rings is 2. The van der Waals surface area contributed by atoms with E-state index in [0.717, 1.165) is 24.7 Å². The maximum atomic E-state index is 5.81. The highest BCUT2D eigenvalue weighted by Gasteiger charge is 2.25. The lowest BCUT2D eigenvalue weighted by molar-refractivity contribution is 0.415. The Kier molecular flexibility index (Phi) is 2.53. The topological polar surface area (TPSA) is 34.3 Å². The Hall–Kier alpha value is -1.84. The molecule has 19 heavy (non-hydrogen) atoms. The van der Waals surface area contributed by atoms with Crippen molar-refractivity contribution < 1.29 is 14.2 Å². The van der Waals surface area contributed by atoms with E-state index in [0.29, 0.717) is 12.2 Å². The van der Waals surface area contributed by atoms with E-state index in [9.17, 15) is 0 Å². The van der Waals surface area contributed by atoms with Crippen LogP contribution in [0.2, 0.25) is 0 Å². The molecule has 0 amide bonds. The van der Waals surface area contributed by atoms with Crippen LogP contribution < -0.4 is 4.74 Å². The van der Waals surface area contributed by atoms with Gasteiger partial charge in [-0.05, 0) is 35.4 Å². The van der Waals surface area contributed by atoms with E-state index in [1.807, 2.05) is 24.3 Å². The molecule has 2 aliphatic heterocycles. The summed E-state index contributed by atoms with van der Waals surface area (Å²) in [4.78, 5) is 0. The van der Waals surface area contributed by atoms with E-state index in [2.05, 4.69) is 24.3 Å². The molecule has 0 bridgehead atoms. The van der Waals surface area contributed by atoms with Crippen LogP contribution in [0, 0.1) is 0 Å². The first-order valence-electron chi connectivity index (χ1n) is 6.49. The molecule has 2 atom stereocenters. The maximum Gasteiger partial charge on any atom is 0.127 e. The van der Waals surface area contributed by atoms with Crippen LogP contribution >= 0.6 is 0 Å². The predicted octanol–water partition coefficient (Wildman–Crippen LogP) is 3.62. The smallest absolute Gasteiger partial charge is 0.127 e. The highest BCUT2D eigenvalue weighted by atomic mass is 16.6. The monoisotopic (exact) mass is 254 g/mol. The second-order valence-electron chi connectivity index (χ2n) is 4.88. The van der Waals surface area contributed by atoms with Crippen molar-refractivity contribution in [1.82, 2.24) is 0 Å². The third-order valence-corrected chi connectivity index (χ3v) is 3.41. The molecule has 2 unspecified atom stereocenters. The second kappa shape index (κ2) is 4.37. The quantitative estimate of drug-likeness (QED) is 0.781. The summed E-state index contributed by atoms with van der Waals surface area (Å²) in [6.45, 7) is 1.68. The van der Waals surface area contributed by atoms with E-state index in [-0.39, 0.29) is 0 Å². The normalized spacial score (nSPS) is 24.0. The molecule has 0 spiro atoms. The molecule has 0 radical (unpaired) electrons. The van der Waals surface area contributed by atoms with Crippen LogP contribution in [0.1, 0.15) is 23.3 Å². The van der Waals surface area contributed by atoms with E-state index in [4.69, 9.17) is 14.2 Å². The molecule has 0 aromatic heterocycles. The highest BCUT2D eigenvalue weighted by Crippen LogP contribution is 2.33. The van der Waals surface area contributed by atoms with Gasteiger partial charge < -0.3 is 14.2 Å². The molecule has 0 saturated carbocycles. The summed E-state index contributed by atoms with van der Waals surface area (Å²) in [5.74, 6) is 1.69. The van der Waals surface area contributed by atoms with Crippen LogP contribution in [0.25, 0.3) is 0 Å². The molecule has 96 valence electrons. The Morgan fingerprint density at radius 2 is 1.05 bits per heavy atom. The number of epoxide rings is 2. The first-order chi connectivity index (χ1) is 9.38. The third kappa shape index (κ3) is 2.48. The third-order valence-electron chi connectivity index (χ3n) is 3.41. The van der Waals surface area contributed by atoms with Gasteiger partial charge in [-0.3, -0.25) is 0 Å². The van der Waals surface area contributed by atoms with Crippen LogP contribution in [-0.4, -0.2) is 13.2 Å². The summed E-state index contributed by atoms with van der Waals surface area (Å²) < 4.78 is 16.3. The van der Waals surface area contributed by atoms with E-state index >= 15 is 0 Å². The molecule has 4 rings (SSSR count). The lowest BCUT2D eigenvalue weighted by Crippen LogP contribution is -1.87. The van der Waals surface area contributed by atoms with E-state index in [1.165, 1.54) is 11.1 Å². The van der Waals surface area contributed by atoms with Gasteiger partial charge in [0.15, 0.2) is 0 Å². The van der Waals surface area contributed by atoms with Gasteiger partial charge in [-0.25, -0.2) is 0 Å². The second-order valence-corrected chi connectivity index (χ2v) is 4.88. The Labute approximate surface area is 111 Å². The number of rotatable bonds is 4. The van der Waals surface area contributed by atoms with Gasteiger partial charge in [0.2, 0.25) is 0 Å². The Morgan fingerprint density at radius 3 is 1.37 bits per heavy atom.